The Morgan fingerprint density at radius 1 is 1.44 bits per heavy atom. The molecule has 0 saturated heterocycles. The summed E-state index contributed by atoms with van der Waals surface area (Å²) >= 11 is 5.90. The molecule has 0 aliphatic carbocycles. The minimum absolute atomic E-state index is 0.325. The molecule has 0 saturated carbocycles. The highest BCUT2D eigenvalue weighted by Gasteiger charge is 2.08. The summed E-state index contributed by atoms with van der Waals surface area (Å²) in [6.07, 6.45) is 3.76. The molecule has 18 heavy (non-hydrogen) atoms. The Balaban J connectivity index is 2.45. The van der Waals surface area contributed by atoms with Crippen LogP contribution in [-0.4, -0.2) is 28.2 Å². The summed E-state index contributed by atoms with van der Waals surface area (Å²) < 4.78 is 0. The minimum atomic E-state index is 0.325. The largest absolute Gasteiger partial charge is 0.368 e. The SMILES string of the molecule is C=Nc1nc(NCCCC)c2ncc(Cl)cc2n1. The molecule has 0 fully saturated rings. The molecule has 5 nitrogen and oxygen atoms in total. The van der Waals surface area contributed by atoms with Gasteiger partial charge in [0.1, 0.15) is 5.52 Å². The third-order valence-corrected chi connectivity index (χ3v) is 2.66. The highest BCUT2D eigenvalue weighted by atomic mass is 35.5. The van der Waals surface area contributed by atoms with Gasteiger partial charge in [-0.1, -0.05) is 24.9 Å². The van der Waals surface area contributed by atoms with Gasteiger partial charge < -0.3 is 5.32 Å². The van der Waals surface area contributed by atoms with Crippen molar-refractivity contribution in [1.82, 2.24) is 15.0 Å². The Labute approximate surface area is 110 Å². The first kappa shape index (κ1) is 12.7. The third kappa shape index (κ3) is 2.73. The Kier molecular flexibility index (Phi) is 4.04. The molecule has 6 heteroatoms. The van der Waals surface area contributed by atoms with Crippen LogP contribution >= 0.6 is 11.6 Å². The molecule has 0 aliphatic rings. The van der Waals surface area contributed by atoms with Gasteiger partial charge in [0.25, 0.3) is 5.95 Å². The number of pyridine rings is 1. The van der Waals surface area contributed by atoms with Crippen LogP contribution in [0.2, 0.25) is 5.02 Å². The van der Waals surface area contributed by atoms with Gasteiger partial charge in [-0.25, -0.2) is 15.0 Å². The van der Waals surface area contributed by atoms with Crippen molar-refractivity contribution in [1.29, 1.82) is 0 Å². The molecule has 1 N–H and O–H groups in total. The van der Waals surface area contributed by atoms with Gasteiger partial charge in [0.15, 0.2) is 5.82 Å². The molecular weight excluding hydrogens is 250 g/mol. The summed E-state index contributed by atoms with van der Waals surface area (Å²) in [5.41, 5.74) is 1.36. The maximum absolute atomic E-state index is 5.90. The third-order valence-electron chi connectivity index (χ3n) is 2.45. The predicted octanol–water partition coefficient (Wildman–Crippen LogP) is 3.22. The fourth-order valence-corrected chi connectivity index (χ4v) is 1.71. The van der Waals surface area contributed by atoms with E-state index in [2.05, 4.69) is 38.9 Å². The molecular formula is C12H14ClN5. The molecule has 0 radical (unpaired) electrons. The number of hydrogen-bond acceptors (Lipinski definition) is 5. The molecule has 0 amide bonds. The number of unbranched alkanes of at least 4 members (excludes halogenated alkanes) is 1. The van der Waals surface area contributed by atoms with E-state index in [-0.39, 0.29) is 0 Å². The van der Waals surface area contributed by atoms with E-state index in [4.69, 9.17) is 11.6 Å². The summed E-state index contributed by atoms with van der Waals surface area (Å²) in [4.78, 5) is 16.5. The van der Waals surface area contributed by atoms with E-state index >= 15 is 0 Å². The van der Waals surface area contributed by atoms with Gasteiger partial charge in [-0.05, 0) is 19.2 Å². The van der Waals surface area contributed by atoms with Crippen molar-refractivity contribution < 1.29 is 0 Å². The number of fused-ring (bicyclic) bond motifs is 1. The van der Waals surface area contributed by atoms with E-state index < -0.39 is 0 Å². The smallest absolute Gasteiger partial charge is 0.251 e. The van der Waals surface area contributed by atoms with E-state index in [1.807, 2.05) is 0 Å². The van der Waals surface area contributed by atoms with Gasteiger partial charge >= 0.3 is 0 Å². The van der Waals surface area contributed by atoms with E-state index in [0.29, 0.717) is 27.8 Å². The standard InChI is InChI=1S/C12H14ClN5/c1-3-4-5-15-11-10-9(6-8(13)7-16-10)17-12(14-2)18-11/h6-7H,2-5H2,1H3,(H,15,17,18). The van der Waals surface area contributed by atoms with Gasteiger partial charge in [-0.3, -0.25) is 0 Å². The number of halogens is 1. The van der Waals surface area contributed by atoms with Crippen molar-refractivity contribution in [3.8, 4) is 0 Å². The lowest BCUT2D eigenvalue weighted by Gasteiger charge is -2.08. The van der Waals surface area contributed by atoms with Crippen LogP contribution in [0.15, 0.2) is 17.3 Å². The van der Waals surface area contributed by atoms with Crippen LogP contribution in [0.1, 0.15) is 19.8 Å². The minimum Gasteiger partial charge on any atom is -0.368 e. The van der Waals surface area contributed by atoms with Crippen molar-refractivity contribution in [3.05, 3.63) is 17.3 Å². The number of hydrogen-bond donors (Lipinski definition) is 1. The van der Waals surface area contributed by atoms with E-state index in [1.54, 1.807) is 12.3 Å². The normalized spacial score (nSPS) is 10.6. The van der Waals surface area contributed by atoms with E-state index in [1.165, 1.54) is 0 Å². The van der Waals surface area contributed by atoms with Crippen LogP contribution in [0.25, 0.3) is 11.0 Å². The number of aliphatic imine (C=N–C) groups is 1. The average molecular weight is 264 g/mol. The zero-order chi connectivity index (χ0) is 13.0. The average Bonchev–Trinajstić information content (AvgIpc) is 2.38. The Hall–Kier alpha value is -1.75. The summed E-state index contributed by atoms with van der Waals surface area (Å²) in [5.74, 6) is 0.998. The first-order chi connectivity index (χ1) is 8.74. The quantitative estimate of drug-likeness (QED) is 0.665. The monoisotopic (exact) mass is 263 g/mol. The van der Waals surface area contributed by atoms with Gasteiger partial charge in [0, 0.05) is 12.7 Å². The lowest BCUT2D eigenvalue weighted by Crippen LogP contribution is -2.05. The maximum atomic E-state index is 5.90. The molecule has 0 aliphatic heterocycles. The Bertz CT molecular complexity index is 570. The van der Waals surface area contributed by atoms with Crippen LogP contribution < -0.4 is 5.32 Å². The number of nitrogens with zero attached hydrogens (tertiary/aromatic N) is 4. The summed E-state index contributed by atoms with van der Waals surface area (Å²) in [6, 6.07) is 1.74. The molecule has 2 heterocycles. The topological polar surface area (TPSA) is 63.1 Å². The highest BCUT2D eigenvalue weighted by Crippen LogP contribution is 2.23. The molecule has 94 valence electrons. The van der Waals surface area contributed by atoms with Crippen LogP contribution in [0.4, 0.5) is 11.8 Å². The zero-order valence-corrected chi connectivity index (χ0v) is 10.9. The first-order valence-corrected chi connectivity index (χ1v) is 6.16. The lowest BCUT2D eigenvalue weighted by molar-refractivity contribution is 0.831. The summed E-state index contributed by atoms with van der Waals surface area (Å²) in [7, 11) is 0. The fourth-order valence-electron chi connectivity index (χ4n) is 1.56. The van der Waals surface area contributed by atoms with Crippen LogP contribution in [0, 0.1) is 0 Å². The number of aromatic nitrogens is 3. The molecule has 2 rings (SSSR count). The van der Waals surface area contributed by atoms with Crippen molar-refractivity contribution in [2.75, 3.05) is 11.9 Å². The molecule has 2 aromatic rings. The van der Waals surface area contributed by atoms with Crippen molar-refractivity contribution in [2.24, 2.45) is 4.99 Å². The van der Waals surface area contributed by atoms with Crippen LogP contribution in [0.3, 0.4) is 0 Å². The highest BCUT2D eigenvalue weighted by molar-refractivity contribution is 6.31. The van der Waals surface area contributed by atoms with Crippen LogP contribution in [-0.2, 0) is 0 Å². The molecule has 0 spiro atoms. The van der Waals surface area contributed by atoms with Gasteiger partial charge in [0.05, 0.1) is 10.5 Å². The summed E-state index contributed by atoms with van der Waals surface area (Å²) in [5, 5.41) is 3.78. The van der Waals surface area contributed by atoms with Crippen molar-refractivity contribution in [3.63, 3.8) is 0 Å². The second-order valence-corrected chi connectivity index (χ2v) is 4.27. The number of rotatable bonds is 5. The van der Waals surface area contributed by atoms with Crippen molar-refractivity contribution >= 4 is 41.1 Å². The maximum Gasteiger partial charge on any atom is 0.251 e. The second-order valence-electron chi connectivity index (χ2n) is 3.83. The number of anilines is 1. The van der Waals surface area contributed by atoms with Crippen LogP contribution in [0.5, 0.6) is 0 Å². The molecule has 2 aromatic heterocycles. The summed E-state index contributed by atoms with van der Waals surface area (Å²) in [6.45, 7) is 6.41. The fraction of sp³-hybridized carbons (Fsp3) is 0.333. The Morgan fingerprint density at radius 3 is 3.00 bits per heavy atom. The second kappa shape index (κ2) is 5.73. The van der Waals surface area contributed by atoms with Gasteiger partial charge in [-0.15, -0.1) is 0 Å². The predicted molar refractivity (Wildman–Crippen MR) is 74.9 cm³/mol. The molecule has 0 unspecified atom stereocenters. The molecule has 0 bridgehead atoms. The van der Waals surface area contributed by atoms with Gasteiger partial charge in [-0.2, -0.15) is 4.98 Å². The lowest BCUT2D eigenvalue weighted by atomic mass is 10.3. The Morgan fingerprint density at radius 2 is 2.28 bits per heavy atom. The van der Waals surface area contributed by atoms with E-state index in [9.17, 15) is 0 Å². The molecule has 0 atom stereocenters. The number of nitrogens with one attached hydrogen (secondary N) is 1. The van der Waals surface area contributed by atoms with E-state index in [0.717, 1.165) is 19.4 Å². The van der Waals surface area contributed by atoms with Gasteiger partial charge in [0.2, 0.25) is 0 Å². The zero-order valence-electron chi connectivity index (χ0n) is 10.1. The molecule has 0 aromatic carbocycles. The van der Waals surface area contributed by atoms with Crippen molar-refractivity contribution in [2.45, 2.75) is 19.8 Å². The first-order valence-electron chi connectivity index (χ1n) is 5.78.